The number of pyridine rings is 2. The zero-order valence-electron chi connectivity index (χ0n) is 8.89. The zero-order valence-corrected chi connectivity index (χ0v) is 8.89. The van der Waals surface area contributed by atoms with Crippen LogP contribution in [0.4, 0.5) is 14.5 Å². The molecule has 7 heteroatoms. The van der Waals surface area contributed by atoms with Crippen LogP contribution in [0.1, 0.15) is 10.4 Å². The molecule has 2 heterocycles. The van der Waals surface area contributed by atoms with E-state index in [4.69, 9.17) is 5.11 Å². The van der Waals surface area contributed by atoms with Crippen molar-refractivity contribution in [1.82, 2.24) is 9.97 Å². The topological polar surface area (TPSA) is 75.1 Å². The SMILES string of the molecule is O=C(Nc1ccc(F)nc1F)c1cncc(O)c1. The third-order valence-corrected chi connectivity index (χ3v) is 2.05. The summed E-state index contributed by atoms with van der Waals surface area (Å²) >= 11 is 0. The fourth-order valence-electron chi connectivity index (χ4n) is 1.25. The van der Waals surface area contributed by atoms with Gasteiger partial charge in [-0.15, -0.1) is 0 Å². The van der Waals surface area contributed by atoms with Crippen molar-refractivity contribution in [2.24, 2.45) is 0 Å². The molecule has 92 valence electrons. The number of hydrogen-bond acceptors (Lipinski definition) is 4. The van der Waals surface area contributed by atoms with Crippen molar-refractivity contribution in [3.05, 3.63) is 48.1 Å². The number of carbonyl (C=O) groups is 1. The fraction of sp³-hybridized carbons (Fsp3) is 0. The van der Waals surface area contributed by atoms with Gasteiger partial charge in [0.1, 0.15) is 5.75 Å². The van der Waals surface area contributed by atoms with E-state index in [1.165, 1.54) is 6.20 Å². The van der Waals surface area contributed by atoms with E-state index < -0.39 is 17.8 Å². The van der Waals surface area contributed by atoms with Crippen LogP contribution in [-0.2, 0) is 0 Å². The first-order valence-electron chi connectivity index (χ1n) is 4.83. The number of aromatic hydroxyl groups is 1. The molecule has 0 fully saturated rings. The third kappa shape index (κ3) is 2.57. The van der Waals surface area contributed by atoms with E-state index in [1.54, 1.807) is 0 Å². The molecule has 2 rings (SSSR count). The monoisotopic (exact) mass is 251 g/mol. The fourth-order valence-corrected chi connectivity index (χ4v) is 1.25. The maximum atomic E-state index is 13.2. The van der Waals surface area contributed by atoms with Gasteiger partial charge in [0.15, 0.2) is 0 Å². The van der Waals surface area contributed by atoms with Crippen molar-refractivity contribution in [3.63, 3.8) is 0 Å². The number of nitrogens with zero attached hydrogens (tertiary/aromatic N) is 2. The van der Waals surface area contributed by atoms with Crippen molar-refractivity contribution < 1.29 is 18.7 Å². The van der Waals surface area contributed by atoms with Crippen LogP contribution in [0.3, 0.4) is 0 Å². The van der Waals surface area contributed by atoms with Crippen LogP contribution in [0.25, 0.3) is 0 Å². The summed E-state index contributed by atoms with van der Waals surface area (Å²) in [7, 11) is 0. The predicted octanol–water partition coefficient (Wildman–Crippen LogP) is 1.71. The first-order chi connectivity index (χ1) is 8.56. The van der Waals surface area contributed by atoms with Gasteiger partial charge in [-0.05, 0) is 18.2 Å². The summed E-state index contributed by atoms with van der Waals surface area (Å²) in [5.41, 5.74) is -0.219. The normalized spacial score (nSPS) is 10.1. The van der Waals surface area contributed by atoms with Gasteiger partial charge in [-0.1, -0.05) is 0 Å². The van der Waals surface area contributed by atoms with Gasteiger partial charge in [0.2, 0.25) is 11.9 Å². The van der Waals surface area contributed by atoms with E-state index >= 15 is 0 Å². The van der Waals surface area contributed by atoms with Crippen molar-refractivity contribution in [2.75, 3.05) is 5.32 Å². The van der Waals surface area contributed by atoms with Gasteiger partial charge < -0.3 is 10.4 Å². The van der Waals surface area contributed by atoms with Crippen molar-refractivity contribution in [3.8, 4) is 5.75 Å². The number of aromatic nitrogens is 2. The molecule has 0 aromatic carbocycles. The van der Waals surface area contributed by atoms with Crippen LogP contribution in [0.5, 0.6) is 5.75 Å². The van der Waals surface area contributed by atoms with E-state index in [0.29, 0.717) is 0 Å². The first-order valence-corrected chi connectivity index (χ1v) is 4.83. The second-order valence-corrected chi connectivity index (χ2v) is 3.36. The molecule has 1 amide bonds. The lowest BCUT2D eigenvalue weighted by Gasteiger charge is -2.05. The van der Waals surface area contributed by atoms with E-state index in [9.17, 15) is 13.6 Å². The minimum absolute atomic E-state index is 0.0405. The highest BCUT2D eigenvalue weighted by Crippen LogP contribution is 2.14. The smallest absolute Gasteiger partial charge is 0.257 e. The predicted molar refractivity (Wildman–Crippen MR) is 58.0 cm³/mol. The Bertz CT molecular complexity index is 605. The average molecular weight is 251 g/mol. The average Bonchev–Trinajstić information content (AvgIpc) is 2.32. The Morgan fingerprint density at radius 1 is 1.28 bits per heavy atom. The largest absolute Gasteiger partial charge is 0.506 e. The molecule has 0 bridgehead atoms. The number of carbonyl (C=O) groups excluding carboxylic acids is 1. The third-order valence-electron chi connectivity index (χ3n) is 2.05. The highest BCUT2D eigenvalue weighted by atomic mass is 19.1. The summed E-state index contributed by atoms with van der Waals surface area (Å²) < 4.78 is 25.7. The van der Waals surface area contributed by atoms with Crippen LogP contribution in [0.15, 0.2) is 30.6 Å². The summed E-state index contributed by atoms with van der Waals surface area (Å²) in [6.45, 7) is 0. The zero-order chi connectivity index (χ0) is 13.1. The molecule has 0 saturated heterocycles. The van der Waals surface area contributed by atoms with Gasteiger partial charge in [0, 0.05) is 6.20 Å². The van der Waals surface area contributed by atoms with Crippen molar-refractivity contribution in [2.45, 2.75) is 0 Å². The lowest BCUT2D eigenvalue weighted by molar-refractivity contribution is 0.102. The molecule has 2 N–H and O–H groups in total. The van der Waals surface area contributed by atoms with E-state index in [2.05, 4.69) is 15.3 Å². The summed E-state index contributed by atoms with van der Waals surface area (Å²) in [4.78, 5) is 18.2. The standard InChI is InChI=1S/C11H7F2N3O2/c12-9-2-1-8(10(13)16-9)15-11(18)6-3-7(17)5-14-4-6/h1-5,17H,(H,15,18). The Morgan fingerprint density at radius 3 is 2.72 bits per heavy atom. The molecule has 0 atom stereocenters. The Balaban J connectivity index is 2.21. The first kappa shape index (κ1) is 11.9. The lowest BCUT2D eigenvalue weighted by Crippen LogP contribution is -2.14. The molecule has 0 spiro atoms. The van der Waals surface area contributed by atoms with Gasteiger partial charge in [0.05, 0.1) is 17.4 Å². The van der Waals surface area contributed by atoms with Gasteiger partial charge in [0.25, 0.3) is 5.91 Å². The number of rotatable bonds is 2. The van der Waals surface area contributed by atoms with Crippen molar-refractivity contribution >= 4 is 11.6 Å². The Hall–Kier alpha value is -2.57. The minimum atomic E-state index is -1.13. The van der Waals surface area contributed by atoms with E-state index in [1.807, 2.05) is 0 Å². The summed E-state index contributed by atoms with van der Waals surface area (Å²) in [5, 5.41) is 11.3. The van der Waals surface area contributed by atoms with Crippen molar-refractivity contribution in [1.29, 1.82) is 0 Å². The van der Waals surface area contributed by atoms with Crippen LogP contribution in [0, 0.1) is 11.9 Å². The molecule has 0 aliphatic rings. The van der Waals surface area contributed by atoms with Crippen LogP contribution in [-0.4, -0.2) is 21.0 Å². The molecule has 0 aliphatic heterocycles. The molecule has 2 aromatic rings. The Morgan fingerprint density at radius 2 is 2.06 bits per heavy atom. The summed E-state index contributed by atoms with van der Waals surface area (Å²) in [6, 6.07) is 3.13. The highest BCUT2D eigenvalue weighted by molar-refractivity contribution is 6.04. The molecule has 0 saturated carbocycles. The summed E-state index contributed by atoms with van der Waals surface area (Å²) in [5.74, 6) is -2.99. The Kier molecular flexibility index (Phi) is 3.13. The molecule has 18 heavy (non-hydrogen) atoms. The maximum Gasteiger partial charge on any atom is 0.257 e. The number of amides is 1. The van der Waals surface area contributed by atoms with Gasteiger partial charge in [-0.3, -0.25) is 9.78 Å². The quantitative estimate of drug-likeness (QED) is 0.797. The molecular formula is C11H7F2N3O2. The van der Waals surface area contributed by atoms with Gasteiger partial charge >= 0.3 is 0 Å². The van der Waals surface area contributed by atoms with E-state index in [-0.39, 0.29) is 17.0 Å². The van der Waals surface area contributed by atoms with Gasteiger partial charge in [-0.2, -0.15) is 13.8 Å². The molecule has 5 nitrogen and oxygen atoms in total. The second kappa shape index (κ2) is 4.74. The van der Waals surface area contributed by atoms with Crippen LogP contribution >= 0.6 is 0 Å². The van der Waals surface area contributed by atoms with Crippen LogP contribution < -0.4 is 5.32 Å². The molecule has 0 aliphatic carbocycles. The molecule has 2 aromatic heterocycles. The summed E-state index contributed by atoms with van der Waals surface area (Å²) in [6.07, 6.45) is 2.35. The lowest BCUT2D eigenvalue weighted by atomic mass is 10.2. The maximum absolute atomic E-state index is 13.2. The number of anilines is 1. The van der Waals surface area contributed by atoms with Gasteiger partial charge in [-0.25, -0.2) is 0 Å². The Labute approximate surface area is 100 Å². The second-order valence-electron chi connectivity index (χ2n) is 3.36. The minimum Gasteiger partial charge on any atom is -0.506 e. The highest BCUT2D eigenvalue weighted by Gasteiger charge is 2.11. The molecule has 0 unspecified atom stereocenters. The van der Waals surface area contributed by atoms with E-state index in [0.717, 1.165) is 24.4 Å². The molecule has 0 radical (unpaired) electrons. The molecular weight excluding hydrogens is 244 g/mol. The number of halogens is 2. The van der Waals surface area contributed by atoms with Crippen LogP contribution in [0.2, 0.25) is 0 Å². The number of nitrogens with one attached hydrogen (secondary N) is 1. The number of hydrogen-bond donors (Lipinski definition) is 2.